The zero-order chi connectivity index (χ0) is 24.0. The van der Waals surface area contributed by atoms with Gasteiger partial charge in [0.25, 0.3) is 11.1 Å². The molecule has 1 saturated heterocycles. The van der Waals surface area contributed by atoms with Gasteiger partial charge in [-0.25, -0.2) is 0 Å². The Balaban J connectivity index is 1.69. The molecule has 3 rings (SSSR count). The number of rotatable bonds is 9. The van der Waals surface area contributed by atoms with Gasteiger partial charge in [-0.15, -0.1) is 0 Å². The van der Waals surface area contributed by atoms with Crippen molar-refractivity contribution in [1.82, 2.24) is 4.90 Å². The maximum atomic E-state index is 12.7. The molecule has 1 aliphatic heterocycles. The van der Waals surface area contributed by atoms with Crippen LogP contribution in [0.1, 0.15) is 30.5 Å². The third kappa shape index (κ3) is 6.61. The van der Waals surface area contributed by atoms with Crippen LogP contribution in [0.4, 0.5) is 4.79 Å². The van der Waals surface area contributed by atoms with Gasteiger partial charge in [0, 0.05) is 0 Å². The average Bonchev–Trinajstić information content (AvgIpc) is 3.04. The zero-order valence-corrected chi connectivity index (χ0v) is 19.9. The van der Waals surface area contributed by atoms with Crippen LogP contribution in [0.5, 0.6) is 11.5 Å². The van der Waals surface area contributed by atoms with Gasteiger partial charge in [-0.3, -0.25) is 19.3 Å². The number of amides is 2. The molecular formula is C25H27NO6S. The van der Waals surface area contributed by atoms with Crippen LogP contribution in [-0.4, -0.2) is 42.3 Å². The van der Waals surface area contributed by atoms with Crippen LogP contribution < -0.4 is 9.47 Å². The molecule has 0 N–H and O–H groups in total. The highest BCUT2D eigenvalue weighted by Crippen LogP contribution is 2.34. The van der Waals surface area contributed by atoms with Crippen molar-refractivity contribution in [3.05, 3.63) is 64.1 Å². The van der Waals surface area contributed by atoms with Crippen molar-refractivity contribution in [1.29, 1.82) is 0 Å². The van der Waals surface area contributed by atoms with E-state index in [0.717, 1.165) is 27.8 Å². The van der Waals surface area contributed by atoms with E-state index >= 15 is 0 Å². The Bertz CT molecular complexity index is 1080. The molecule has 2 amide bonds. The predicted molar refractivity (Wildman–Crippen MR) is 127 cm³/mol. The lowest BCUT2D eigenvalue weighted by molar-refractivity contribution is -0.147. The first-order chi connectivity index (χ1) is 15.8. The summed E-state index contributed by atoms with van der Waals surface area (Å²) in [4.78, 5) is 38.0. The lowest BCUT2D eigenvalue weighted by Gasteiger charge is -2.13. The molecule has 0 unspecified atom stereocenters. The van der Waals surface area contributed by atoms with Gasteiger partial charge < -0.3 is 14.2 Å². The van der Waals surface area contributed by atoms with Gasteiger partial charge in [-0.1, -0.05) is 49.7 Å². The minimum Gasteiger partial charge on any atom is -0.493 e. The molecule has 1 heterocycles. The largest absolute Gasteiger partial charge is 0.493 e. The molecule has 2 aromatic carbocycles. The molecule has 33 heavy (non-hydrogen) atoms. The zero-order valence-electron chi connectivity index (χ0n) is 19.1. The topological polar surface area (TPSA) is 82.1 Å². The quantitative estimate of drug-likeness (QED) is 0.385. The molecule has 1 fully saturated rings. The first-order valence-corrected chi connectivity index (χ1v) is 11.4. The highest BCUT2D eigenvalue weighted by atomic mass is 32.2. The van der Waals surface area contributed by atoms with E-state index in [1.807, 2.05) is 39.0 Å². The van der Waals surface area contributed by atoms with Crippen LogP contribution in [0.2, 0.25) is 0 Å². The van der Waals surface area contributed by atoms with Gasteiger partial charge in [0.1, 0.15) is 13.2 Å². The second-order valence-corrected chi connectivity index (χ2v) is 9.03. The van der Waals surface area contributed by atoms with Crippen LogP contribution in [0, 0.1) is 12.8 Å². The Morgan fingerprint density at radius 1 is 1.12 bits per heavy atom. The number of methoxy groups -OCH3 is 1. The number of aryl methyl sites for hydroxylation is 1. The number of benzene rings is 2. The molecule has 0 spiro atoms. The molecule has 0 aromatic heterocycles. The molecule has 0 saturated carbocycles. The van der Waals surface area contributed by atoms with Gasteiger partial charge in [-0.05, 0) is 53.9 Å². The summed E-state index contributed by atoms with van der Waals surface area (Å²) in [5.41, 5.74) is 2.87. The van der Waals surface area contributed by atoms with Crippen LogP contribution >= 0.6 is 11.8 Å². The second-order valence-electron chi connectivity index (χ2n) is 8.03. The molecule has 0 bridgehead atoms. The van der Waals surface area contributed by atoms with E-state index in [1.54, 1.807) is 24.3 Å². The summed E-state index contributed by atoms with van der Waals surface area (Å²) in [5.74, 6) is 0.113. The highest BCUT2D eigenvalue weighted by Gasteiger charge is 2.36. The molecule has 0 aliphatic carbocycles. The summed E-state index contributed by atoms with van der Waals surface area (Å²) in [7, 11) is 1.54. The summed E-state index contributed by atoms with van der Waals surface area (Å²) in [6.45, 7) is 6.07. The Labute approximate surface area is 197 Å². The van der Waals surface area contributed by atoms with Gasteiger partial charge in [0.2, 0.25) is 0 Å². The fourth-order valence-corrected chi connectivity index (χ4v) is 3.92. The number of ether oxygens (including phenoxy) is 3. The lowest BCUT2D eigenvalue weighted by atomic mass is 10.1. The first-order valence-electron chi connectivity index (χ1n) is 10.5. The summed E-state index contributed by atoms with van der Waals surface area (Å²) in [5, 5.41) is -0.502. The summed E-state index contributed by atoms with van der Waals surface area (Å²) in [6.07, 6.45) is 1.59. The van der Waals surface area contributed by atoms with Crippen molar-refractivity contribution in [3.8, 4) is 11.5 Å². The molecule has 1 aliphatic rings. The van der Waals surface area contributed by atoms with Crippen molar-refractivity contribution in [2.24, 2.45) is 5.92 Å². The summed E-state index contributed by atoms with van der Waals surface area (Å²) < 4.78 is 16.4. The number of esters is 1. The average molecular weight is 470 g/mol. The van der Waals surface area contributed by atoms with Crippen molar-refractivity contribution in [3.63, 3.8) is 0 Å². The lowest BCUT2D eigenvalue weighted by Crippen LogP contribution is -2.34. The number of hydrogen-bond donors (Lipinski definition) is 0. The van der Waals surface area contributed by atoms with E-state index in [-0.39, 0.29) is 17.4 Å². The van der Waals surface area contributed by atoms with Crippen LogP contribution in [0.3, 0.4) is 0 Å². The predicted octanol–water partition coefficient (Wildman–Crippen LogP) is 4.82. The molecule has 0 radical (unpaired) electrons. The molecule has 0 atom stereocenters. The summed E-state index contributed by atoms with van der Waals surface area (Å²) >= 11 is 0.788. The fraction of sp³-hybridized carbons (Fsp3) is 0.320. The Kier molecular flexibility index (Phi) is 8.16. The van der Waals surface area contributed by atoms with E-state index in [1.165, 1.54) is 7.11 Å². The number of thioether (sulfide) groups is 1. The standard InChI is InChI=1S/C25H27NO6S/c1-16(2)14-32-23(27)13-26-24(28)22(33-25(26)29)12-18-8-9-20(21(11-18)30-4)31-15-19-7-5-6-17(3)10-19/h5-12,16H,13-15H2,1-4H3/b22-12-. The van der Waals surface area contributed by atoms with Crippen molar-refractivity contribution < 1.29 is 28.6 Å². The Morgan fingerprint density at radius 3 is 2.61 bits per heavy atom. The normalized spacial score (nSPS) is 14.8. The number of nitrogens with zero attached hydrogens (tertiary/aromatic N) is 1. The SMILES string of the molecule is COc1cc(/C=C2\SC(=O)N(CC(=O)OCC(C)C)C2=O)ccc1OCc1cccc(C)c1. The minimum atomic E-state index is -0.607. The fourth-order valence-electron chi connectivity index (χ4n) is 3.08. The summed E-state index contributed by atoms with van der Waals surface area (Å²) in [6, 6.07) is 13.3. The van der Waals surface area contributed by atoms with Crippen LogP contribution in [-0.2, 0) is 20.9 Å². The van der Waals surface area contributed by atoms with Crippen molar-refractivity contribution >= 4 is 35.0 Å². The first kappa shape index (κ1) is 24.4. The van der Waals surface area contributed by atoms with Gasteiger partial charge in [0.15, 0.2) is 11.5 Å². The molecule has 174 valence electrons. The van der Waals surface area contributed by atoms with Gasteiger partial charge in [-0.2, -0.15) is 0 Å². The minimum absolute atomic E-state index is 0.169. The maximum absolute atomic E-state index is 12.7. The molecular weight excluding hydrogens is 442 g/mol. The maximum Gasteiger partial charge on any atom is 0.326 e. The number of carbonyl (C=O) groups is 3. The molecule has 8 heteroatoms. The molecule has 7 nitrogen and oxygen atoms in total. The third-order valence-electron chi connectivity index (χ3n) is 4.70. The number of hydrogen-bond acceptors (Lipinski definition) is 7. The second kappa shape index (κ2) is 11.0. The van der Waals surface area contributed by atoms with Gasteiger partial charge >= 0.3 is 5.97 Å². The number of imide groups is 1. The molecule has 2 aromatic rings. The Morgan fingerprint density at radius 2 is 1.91 bits per heavy atom. The van der Waals surface area contributed by atoms with E-state index in [0.29, 0.717) is 23.7 Å². The number of carbonyl (C=O) groups excluding carboxylic acids is 3. The van der Waals surface area contributed by atoms with Crippen molar-refractivity contribution in [2.75, 3.05) is 20.3 Å². The third-order valence-corrected chi connectivity index (χ3v) is 5.61. The van der Waals surface area contributed by atoms with E-state index in [2.05, 4.69) is 6.07 Å². The Hall–Kier alpha value is -3.26. The van der Waals surface area contributed by atoms with Gasteiger partial charge in [0.05, 0.1) is 18.6 Å². The van der Waals surface area contributed by atoms with Crippen LogP contribution in [0.25, 0.3) is 6.08 Å². The monoisotopic (exact) mass is 469 g/mol. The van der Waals surface area contributed by atoms with Crippen LogP contribution in [0.15, 0.2) is 47.4 Å². The smallest absolute Gasteiger partial charge is 0.326 e. The highest BCUT2D eigenvalue weighted by molar-refractivity contribution is 8.18. The van der Waals surface area contributed by atoms with E-state index < -0.39 is 23.7 Å². The van der Waals surface area contributed by atoms with E-state index in [9.17, 15) is 14.4 Å². The van der Waals surface area contributed by atoms with Crippen molar-refractivity contribution in [2.45, 2.75) is 27.4 Å². The van der Waals surface area contributed by atoms with E-state index in [4.69, 9.17) is 14.2 Å².